The SMILES string of the molecule is CCCCCCCCCCCC(CC)=C(CC)CCCCCCCCCCC. The Balaban J connectivity index is 3.78. The maximum Gasteiger partial charge on any atom is -0.0318 e. The molecule has 0 radical (unpaired) electrons. The molecule has 0 N–H and O–H groups in total. The van der Waals surface area contributed by atoms with E-state index in [1.54, 1.807) is 0 Å². The summed E-state index contributed by atoms with van der Waals surface area (Å²) in [5.41, 5.74) is 3.62. The third-order valence-corrected chi connectivity index (χ3v) is 6.52. The molecule has 0 fully saturated rings. The Morgan fingerprint density at radius 1 is 0.321 bits per heavy atom. The highest BCUT2D eigenvalue weighted by atomic mass is 14.1. The Morgan fingerprint density at radius 2 is 0.571 bits per heavy atom. The standard InChI is InChI=1S/C28H56/c1-5-9-11-13-15-17-19-21-23-25-27(7-3)28(8-4)26-24-22-20-18-16-14-12-10-6-2/h5-26H2,1-4H3. The minimum Gasteiger partial charge on any atom is -0.0713 e. The summed E-state index contributed by atoms with van der Waals surface area (Å²) in [4.78, 5) is 0. The zero-order valence-corrected chi connectivity index (χ0v) is 20.6. The first-order valence-corrected chi connectivity index (χ1v) is 13.5. The summed E-state index contributed by atoms with van der Waals surface area (Å²) >= 11 is 0. The number of rotatable bonds is 22. The lowest BCUT2D eigenvalue weighted by Crippen LogP contribution is -1.93. The van der Waals surface area contributed by atoms with Crippen LogP contribution in [0.3, 0.4) is 0 Å². The van der Waals surface area contributed by atoms with Gasteiger partial charge in [-0.15, -0.1) is 0 Å². The average Bonchev–Trinajstić information content (AvgIpc) is 2.72. The summed E-state index contributed by atoms with van der Waals surface area (Å²) in [6.45, 7) is 9.38. The first-order chi connectivity index (χ1) is 13.8. The lowest BCUT2D eigenvalue weighted by atomic mass is 9.93. The molecule has 0 unspecified atom stereocenters. The van der Waals surface area contributed by atoms with Crippen LogP contribution in [0.2, 0.25) is 0 Å². The molecule has 0 aliphatic heterocycles. The quantitative estimate of drug-likeness (QED) is 0.127. The molecule has 0 amide bonds. The molecule has 0 aliphatic rings. The van der Waals surface area contributed by atoms with Gasteiger partial charge >= 0.3 is 0 Å². The maximum absolute atomic E-state index is 2.38. The summed E-state index contributed by atoms with van der Waals surface area (Å²) < 4.78 is 0. The van der Waals surface area contributed by atoms with Gasteiger partial charge in [0.25, 0.3) is 0 Å². The van der Waals surface area contributed by atoms with Crippen molar-refractivity contribution in [1.29, 1.82) is 0 Å². The van der Waals surface area contributed by atoms with E-state index in [0.29, 0.717) is 0 Å². The van der Waals surface area contributed by atoms with E-state index >= 15 is 0 Å². The van der Waals surface area contributed by atoms with E-state index in [2.05, 4.69) is 27.7 Å². The molecule has 0 saturated carbocycles. The van der Waals surface area contributed by atoms with Crippen molar-refractivity contribution < 1.29 is 0 Å². The molecule has 0 aromatic heterocycles. The van der Waals surface area contributed by atoms with Crippen LogP contribution in [0.15, 0.2) is 11.1 Å². The van der Waals surface area contributed by atoms with Crippen molar-refractivity contribution in [1.82, 2.24) is 0 Å². The monoisotopic (exact) mass is 392 g/mol. The Kier molecular flexibility index (Phi) is 22.8. The topological polar surface area (TPSA) is 0 Å². The van der Waals surface area contributed by atoms with Crippen LogP contribution in [-0.2, 0) is 0 Å². The minimum atomic E-state index is 1.29. The fourth-order valence-electron chi connectivity index (χ4n) is 4.51. The van der Waals surface area contributed by atoms with Gasteiger partial charge < -0.3 is 0 Å². The number of unbranched alkanes of at least 4 members (excludes halogenated alkanes) is 16. The summed E-state index contributed by atoms with van der Waals surface area (Å²) in [5, 5.41) is 0. The molecule has 0 rings (SSSR count). The molecule has 0 heteroatoms. The third-order valence-electron chi connectivity index (χ3n) is 6.52. The molecule has 0 spiro atoms. The average molecular weight is 393 g/mol. The van der Waals surface area contributed by atoms with E-state index < -0.39 is 0 Å². The van der Waals surface area contributed by atoms with E-state index in [4.69, 9.17) is 0 Å². The molecule has 0 nitrogen and oxygen atoms in total. The fraction of sp³-hybridized carbons (Fsp3) is 0.929. The van der Waals surface area contributed by atoms with Crippen LogP contribution in [0, 0.1) is 0 Å². The number of hydrogen-bond acceptors (Lipinski definition) is 0. The minimum absolute atomic E-state index is 1.29. The van der Waals surface area contributed by atoms with Crippen molar-refractivity contribution in [2.75, 3.05) is 0 Å². The molecule has 0 aromatic carbocycles. The van der Waals surface area contributed by atoms with E-state index in [1.165, 1.54) is 141 Å². The predicted molar refractivity (Wildman–Crippen MR) is 131 cm³/mol. The fourth-order valence-corrected chi connectivity index (χ4v) is 4.51. The summed E-state index contributed by atoms with van der Waals surface area (Å²) in [6.07, 6.45) is 31.3. The van der Waals surface area contributed by atoms with Gasteiger partial charge in [0.2, 0.25) is 0 Å². The first kappa shape index (κ1) is 27.7. The lowest BCUT2D eigenvalue weighted by molar-refractivity contribution is 0.557. The van der Waals surface area contributed by atoms with Crippen molar-refractivity contribution in [2.45, 2.75) is 169 Å². The highest BCUT2D eigenvalue weighted by Crippen LogP contribution is 2.24. The molecule has 168 valence electrons. The molecular formula is C28H56. The van der Waals surface area contributed by atoms with Gasteiger partial charge in [-0.2, -0.15) is 0 Å². The predicted octanol–water partition coefficient (Wildman–Crippen LogP) is 10.9. The van der Waals surface area contributed by atoms with Gasteiger partial charge in [-0.1, -0.05) is 142 Å². The largest absolute Gasteiger partial charge is 0.0713 e. The van der Waals surface area contributed by atoms with Gasteiger partial charge in [0, 0.05) is 0 Å². The van der Waals surface area contributed by atoms with Crippen molar-refractivity contribution in [3.05, 3.63) is 11.1 Å². The Hall–Kier alpha value is -0.260. The molecule has 0 atom stereocenters. The van der Waals surface area contributed by atoms with Crippen molar-refractivity contribution in [3.63, 3.8) is 0 Å². The smallest absolute Gasteiger partial charge is 0.0318 e. The zero-order chi connectivity index (χ0) is 20.7. The molecular weight excluding hydrogens is 336 g/mol. The molecule has 28 heavy (non-hydrogen) atoms. The van der Waals surface area contributed by atoms with Crippen LogP contribution < -0.4 is 0 Å². The maximum atomic E-state index is 2.38. The molecule has 0 heterocycles. The lowest BCUT2D eigenvalue weighted by Gasteiger charge is -2.13. The van der Waals surface area contributed by atoms with Crippen molar-refractivity contribution in [3.8, 4) is 0 Å². The molecule has 0 bridgehead atoms. The van der Waals surface area contributed by atoms with Gasteiger partial charge in [0.1, 0.15) is 0 Å². The molecule has 0 aromatic rings. The number of allylic oxidation sites excluding steroid dienone is 2. The van der Waals surface area contributed by atoms with Gasteiger partial charge in [-0.3, -0.25) is 0 Å². The second kappa shape index (κ2) is 23.0. The van der Waals surface area contributed by atoms with Crippen LogP contribution in [0.1, 0.15) is 169 Å². The highest BCUT2D eigenvalue weighted by Gasteiger charge is 2.04. The van der Waals surface area contributed by atoms with Gasteiger partial charge in [0.15, 0.2) is 0 Å². The van der Waals surface area contributed by atoms with Crippen LogP contribution in [0.4, 0.5) is 0 Å². The van der Waals surface area contributed by atoms with Crippen molar-refractivity contribution in [2.24, 2.45) is 0 Å². The van der Waals surface area contributed by atoms with E-state index in [-0.39, 0.29) is 0 Å². The Bertz CT molecular complexity index is 293. The third kappa shape index (κ3) is 17.8. The van der Waals surface area contributed by atoms with Crippen LogP contribution in [-0.4, -0.2) is 0 Å². The second-order valence-electron chi connectivity index (χ2n) is 9.07. The van der Waals surface area contributed by atoms with E-state index in [9.17, 15) is 0 Å². The van der Waals surface area contributed by atoms with E-state index in [0.717, 1.165) is 0 Å². The van der Waals surface area contributed by atoms with Crippen molar-refractivity contribution >= 4 is 0 Å². The highest BCUT2D eigenvalue weighted by molar-refractivity contribution is 5.13. The summed E-state index contributed by atoms with van der Waals surface area (Å²) in [6, 6.07) is 0. The number of hydrogen-bond donors (Lipinski definition) is 0. The Morgan fingerprint density at radius 3 is 0.821 bits per heavy atom. The van der Waals surface area contributed by atoms with Gasteiger partial charge in [-0.25, -0.2) is 0 Å². The zero-order valence-electron chi connectivity index (χ0n) is 20.6. The van der Waals surface area contributed by atoms with E-state index in [1.807, 2.05) is 11.1 Å². The van der Waals surface area contributed by atoms with Crippen LogP contribution in [0.25, 0.3) is 0 Å². The second-order valence-corrected chi connectivity index (χ2v) is 9.07. The van der Waals surface area contributed by atoms with Gasteiger partial charge in [-0.05, 0) is 38.5 Å². The van der Waals surface area contributed by atoms with Crippen LogP contribution in [0.5, 0.6) is 0 Å². The first-order valence-electron chi connectivity index (χ1n) is 13.5. The van der Waals surface area contributed by atoms with Crippen LogP contribution >= 0.6 is 0 Å². The molecule has 0 aliphatic carbocycles. The Labute approximate surface area is 180 Å². The summed E-state index contributed by atoms with van der Waals surface area (Å²) in [7, 11) is 0. The molecule has 0 saturated heterocycles. The normalized spacial score (nSPS) is 12.4. The summed E-state index contributed by atoms with van der Waals surface area (Å²) in [5.74, 6) is 0. The van der Waals surface area contributed by atoms with Gasteiger partial charge in [0.05, 0.1) is 0 Å².